The summed E-state index contributed by atoms with van der Waals surface area (Å²) in [6.45, 7) is 7.77. The van der Waals surface area contributed by atoms with Gasteiger partial charge in [-0.3, -0.25) is 0 Å². The van der Waals surface area contributed by atoms with Crippen LogP contribution in [0.4, 0.5) is 0 Å². The molecule has 0 saturated heterocycles. The van der Waals surface area contributed by atoms with Crippen molar-refractivity contribution < 1.29 is 0 Å². The monoisotopic (exact) mass is 123 g/mol. The Labute approximate surface area is 57.0 Å². The van der Waals surface area contributed by atoms with Crippen LogP contribution >= 0.6 is 0 Å². The summed E-state index contributed by atoms with van der Waals surface area (Å²) in [6, 6.07) is 2.22. The van der Waals surface area contributed by atoms with E-state index in [1.54, 1.807) is 0 Å². The molecule has 0 aliphatic rings. The zero-order valence-electron chi connectivity index (χ0n) is 6.52. The van der Waals surface area contributed by atoms with E-state index in [9.17, 15) is 0 Å². The van der Waals surface area contributed by atoms with Crippen LogP contribution in [0.25, 0.3) is 0 Å². The minimum atomic E-state index is -0.283. The van der Waals surface area contributed by atoms with E-state index >= 15 is 0 Å². The minimum Gasteiger partial charge on any atom is -0.197 e. The van der Waals surface area contributed by atoms with Gasteiger partial charge in [-0.25, -0.2) is 0 Å². The van der Waals surface area contributed by atoms with E-state index in [0.717, 1.165) is 5.57 Å². The Kier molecular flexibility index (Phi) is 2.45. The molecule has 0 fully saturated rings. The highest BCUT2D eigenvalue weighted by molar-refractivity contribution is 5.17. The minimum absolute atomic E-state index is 0.283. The van der Waals surface area contributed by atoms with Crippen molar-refractivity contribution in [1.82, 2.24) is 0 Å². The van der Waals surface area contributed by atoms with Gasteiger partial charge in [0.1, 0.15) is 0 Å². The molecule has 1 heteroatoms. The first-order chi connectivity index (χ1) is 4.04. The summed E-state index contributed by atoms with van der Waals surface area (Å²) in [5.74, 6) is 0. The van der Waals surface area contributed by atoms with Crippen molar-refractivity contribution in [1.29, 1.82) is 5.26 Å². The zero-order chi connectivity index (χ0) is 7.49. The van der Waals surface area contributed by atoms with E-state index in [4.69, 9.17) is 5.26 Å². The van der Waals surface area contributed by atoms with Crippen molar-refractivity contribution in [3.8, 4) is 6.07 Å². The van der Waals surface area contributed by atoms with Crippen molar-refractivity contribution in [3.63, 3.8) is 0 Å². The molecule has 0 aliphatic carbocycles. The number of allylic oxidation sites excluding steroid dienone is 2. The Morgan fingerprint density at radius 2 is 2.00 bits per heavy atom. The lowest BCUT2D eigenvalue weighted by molar-refractivity contribution is 0.595. The summed E-state index contributed by atoms with van der Waals surface area (Å²) in [5.41, 5.74) is 0.847. The van der Waals surface area contributed by atoms with Gasteiger partial charge < -0.3 is 0 Å². The molecule has 9 heavy (non-hydrogen) atoms. The molecular formula is C8H13N. The largest absolute Gasteiger partial charge is 0.197 e. The van der Waals surface area contributed by atoms with Crippen LogP contribution in [0, 0.1) is 16.7 Å². The van der Waals surface area contributed by atoms with E-state index in [1.165, 1.54) is 0 Å². The van der Waals surface area contributed by atoms with Crippen LogP contribution in [-0.4, -0.2) is 0 Å². The predicted molar refractivity (Wildman–Crippen MR) is 38.8 cm³/mol. The molecule has 0 radical (unpaired) electrons. The van der Waals surface area contributed by atoms with E-state index in [-0.39, 0.29) is 5.41 Å². The van der Waals surface area contributed by atoms with Gasteiger partial charge in [-0.15, -0.1) is 0 Å². The Hall–Kier alpha value is -0.770. The zero-order valence-corrected chi connectivity index (χ0v) is 6.52. The smallest absolute Gasteiger partial charge is 0.0728 e. The first-order valence-corrected chi connectivity index (χ1v) is 3.09. The third-order valence-corrected chi connectivity index (χ3v) is 1.70. The Bertz CT molecular complexity index is 158. The standard InChI is InChI=1S/C8H13N/c1-5-7(2)8(3,4)6-9/h5H,1-4H3. The summed E-state index contributed by atoms with van der Waals surface area (Å²) >= 11 is 0. The molecule has 0 rings (SSSR count). The van der Waals surface area contributed by atoms with E-state index < -0.39 is 0 Å². The second-order valence-corrected chi connectivity index (χ2v) is 2.71. The lowest BCUT2D eigenvalue weighted by Gasteiger charge is -2.14. The van der Waals surface area contributed by atoms with Gasteiger partial charge in [-0.05, 0) is 27.7 Å². The Morgan fingerprint density at radius 3 is 2.11 bits per heavy atom. The van der Waals surface area contributed by atoms with Gasteiger partial charge in [0.15, 0.2) is 0 Å². The molecule has 0 bridgehead atoms. The number of hydrogen-bond acceptors (Lipinski definition) is 1. The molecule has 0 heterocycles. The maximum atomic E-state index is 8.60. The fourth-order valence-electron chi connectivity index (χ4n) is 0.449. The molecule has 0 aromatic heterocycles. The molecule has 50 valence electrons. The maximum Gasteiger partial charge on any atom is 0.0728 e. The van der Waals surface area contributed by atoms with E-state index in [1.807, 2.05) is 33.8 Å². The fraction of sp³-hybridized carbons (Fsp3) is 0.625. The van der Waals surface area contributed by atoms with Gasteiger partial charge in [-0.1, -0.05) is 11.6 Å². The molecule has 0 aromatic carbocycles. The van der Waals surface area contributed by atoms with Crippen LogP contribution in [-0.2, 0) is 0 Å². The molecule has 0 amide bonds. The van der Waals surface area contributed by atoms with Crippen molar-refractivity contribution in [2.75, 3.05) is 0 Å². The fourth-order valence-corrected chi connectivity index (χ4v) is 0.449. The molecule has 0 saturated carbocycles. The first kappa shape index (κ1) is 8.23. The normalized spacial score (nSPS) is 13.0. The van der Waals surface area contributed by atoms with Crippen LogP contribution < -0.4 is 0 Å². The van der Waals surface area contributed by atoms with Gasteiger partial charge in [0.25, 0.3) is 0 Å². The number of rotatable bonds is 1. The molecule has 0 N–H and O–H groups in total. The van der Waals surface area contributed by atoms with E-state index in [0.29, 0.717) is 0 Å². The molecule has 0 aliphatic heterocycles. The van der Waals surface area contributed by atoms with Crippen molar-refractivity contribution in [2.24, 2.45) is 5.41 Å². The Balaban J connectivity index is 4.39. The molecule has 0 unspecified atom stereocenters. The molecule has 0 atom stereocenters. The second-order valence-electron chi connectivity index (χ2n) is 2.71. The quantitative estimate of drug-likeness (QED) is 0.491. The Morgan fingerprint density at radius 1 is 1.56 bits per heavy atom. The van der Waals surface area contributed by atoms with Crippen molar-refractivity contribution in [2.45, 2.75) is 27.7 Å². The van der Waals surface area contributed by atoms with Crippen molar-refractivity contribution >= 4 is 0 Å². The highest BCUT2D eigenvalue weighted by atomic mass is 14.3. The van der Waals surface area contributed by atoms with Crippen LogP contribution in [0.3, 0.4) is 0 Å². The van der Waals surface area contributed by atoms with Crippen LogP contribution in [0.15, 0.2) is 11.6 Å². The van der Waals surface area contributed by atoms with Crippen LogP contribution in [0.5, 0.6) is 0 Å². The third kappa shape index (κ3) is 1.89. The average Bonchev–Trinajstić information content (AvgIpc) is 1.86. The molecule has 0 aromatic rings. The van der Waals surface area contributed by atoms with Crippen LogP contribution in [0.2, 0.25) is 0 Å². The maximum absolute atomic E-state index is 8.60. The first-order valence-electron chi connectivity index (χ1n) is 3.09. The van der Waals surface area contributed by atoms with Gasteiger partial charge in [0, 0.05) is 0 Å². The highest BCUT2D eigenvalue weighted by Gasteiger charge is 2.17. The average molecular weight is 123 g/mol. The van der Waals surface area contributed by atoms with Gasteiger partial charge >= 0.3 is 0 Å². The summed E-state index contributed by atoms with van der Waals surface area (Å²) in [6.07, 6.45) is 1.98. The molecular weight excluding hydrogens is 110 g/mol. The highest BCUT2D eigenvalue weighted by Crippen LogP contribution is 2.23. The topological polar surface area (TPSA) is 23.8 Å². The number of nitrogens with zero attached hydrogens (tertiary/aromatic N) is 1. The van der Waals surface area contributed by atoms with Crippen molar-refractivity contribution in [3.05, 3.63) is 11.6 Å². The SMILES string of the molecule is CC=C(C)C(C)(C)C#N. The van der Waals surface area contributed by atoms with Gasteiger partial charge in [0.05, 0.1) is 11.5 Å². The predicted octanol–water partition coefficient (Wildman–Crippen LogP) is 2.50. The summed E-state index contributed by atoms with van der Waals surface area (Å²) in [4.78, 5) is 0. The summed E-state index contributed by atoms with van der Waals surface area (Å²) in [5, 5.41) is 8.60. The van der Waals surface area contributed by atoms with Gasteiger partial charge in [-0.2, -0.15) is 5.26 Å². The summed E-state index contributed by atoms with van der Waals surface area (Å²) < 4.78 is 0. The lowest BCUT2D eigenvalue weighted by Crippen LogP contribution is -2.08. The van der Waals surface area contributed by atoms with Gasteiger partial charge in [0.2, 0.25) is 0 Å². The third-order valence-electron chi connectivity index (χ3n) is 1.70. The second kappa shape index (κ2) is 2.68. The number of nitriles is 1. The van der Waals surface area contributed by atoms with Crippen LogP contribution in [0.1, 0.15) is 27.7 Å². The molecule has 0 spiro atoms. The summed E-state index contributed by atoms with van der Waals surface area (Å²) in [7, 11) is 0. The van der Waals surface area contributed by atoms with E-state index in [2.05, 4.69) is 6.07 Å². The molecule has 1 nitrogen and oxygen atoms in total. The lowest BCUT2D eigenvalue weighted by atomic mass is 9.87. The number of hydrogen-bond donors (Lipinski definition) is 0.